The Bertz CT molecular complexity index is 355. The molecule has 1 aromatic carbocycles. The molecule has 3 nitrogen and oxygen atoms in total. The van der Waals surface area contributed by atoms with Crippen LogP contribution in [0.3, 0.4) is 0 Å². The second-order valence-corrected chi connectivity index (χ2v) is 4.87. The smallest absolute Gasteiger partial charge is 0.123 e. The van der Waals surface area contributed by atoms with E-state index in [4.69, 9.17) is 16.3 Å². The van der Waals surface area contributed by atoms with E-state index < -0.39 is 6.10 Å². The lowest BCUT2D eigenvalue weighted by Gasteiger charge is -2.16. The van der Waals surface area contributed by atoms with Gasteiger partial charge in [0.2, 0.25) is 0 Å². The molecule has 1 atom stereocenters. The minimum atomic E-state index is -0.518. The fourth-order valence-corrected chi connectivity index (χ4v) is 1.51. The van der Waals surface area contributed by atoms with E-state index >= 15 is 0 Å². The highest BCUT2D eigenvalue weighted by Crippen LogP contribution is 2.22. The van der Waals surface area contributed by atoms with Gasteiger partial charge in [-0.1, -0.05) is 31.5 Å². The number of aryl methyl sites for hydroxylation is 1. The Hall–Kier alpha value is -0.770. The van der Waals surface area contributed by atoms with E-state index in [1.165, 1.54) is 0 Å². The summed E-state index contributed by atoms with van der Waals surface area (Å²) >= 11 is 5.88. The van der Waals surface area contributed by atoms with Crippen molar-refractivity contribution in [1.29, 1.82) is 0 Å². The Morgan fingerprint density at radius 1 is 1.41 bits per heavy atom. The molecule has 17 heavy (non-hydrogen) atoms. The molecule has 1 unspecified atom stereocenters. The van der Waals surface area contributed by atoms with Crippen molar-refractivity contribution in [2.45, 2.75) is 32.9 Å². The molecule has 0 aliphatic carbocycles. The molecule has 96 valence electrons. The first-order valence-corrected chi connectivity index (χ1v) is 6.17. The predicted molar refractivity (Wildman–Crippen MR) is 70.8 cm³/mol. The summed E-state index contributed by atoms with van der Waals surface area (Å²) in [6.45, 7) is 6.81. The van der Waals surface area contributed by atoms with Gasteiger partial charge in [0.1, 0.15) is 18.5 Å². The van der Waals surface area contributed by atoms with Gasteiger partial charge in [0.15, 0.2) is 0 Å². The number of ether oxygens (including phenoxy) is 1. The number of aliphatic hydroxyl groups is 1. The predicted octanol–water partition coefficient (Wildman–Crippen LogP) is 2.39. The third kappa shape index (κ3) is 5.39. The van der Waals surface area contributed by atoms with Crippen LogP contribution >= 0.6 is 11.6 Å². The number of rotatable bonds is 6. The lowest BCUT2D eigenvalue weighted by atomic mass is 10.2. The zero-order valence-electron chi connectivity index (χ0n) is 10.5. The van der Waals surface area contributed by atoms with Gasteiger partial charge in [-0.25, -0.2) is 0 Å². The zero-order valence-corrected chi connectivity index (χ0v) is 11.3. The third-order valence-corrected chi connectivity index (χ3v) is 2.58. The molecule has 0 spiro atoms. The van der Waals surface area contributed by atoms with E-state index in [2.05, 4.69) is 5.32 Å². The van der Waals surface area contributed by atoms with Crippen LogP contribution in [0.5, 0.6) is 5.75 Å². The fraction of sp³-hybridized carbons (Fsp3) is 0.538. The minimum absolute atomic E-state index is 0.265. The summed E-state index contributed by atoms with van der Waals surface area (Å²) in [5, 5.41) is 13.5. The number of halogens is 1. The second kappa shape index (κ2) is 6.84. The molecule has 0 aromatic heterocycles. The molecule has 0 saturated carbocycles. The van der Waals surface area contributed by atoms with Gasteiger partial charge in [-0.15, -0.1) is 0 Å². The first kappa shape index (κ1) is 14.3. The first-order valence-electron chi connectivity index (χ1n) is 5.79. The quantitative estimate of drug-likeness (QED) is 0.822. The van der Waals surface area contributed by atoms with E-state index in [0.29, 0.717) is 17.6 Å². The van der Waals surface area contributed by atoms with Crippen LogP contribution in [0.2, 0.25) is 5.02 Å². The largest absolute Gasteiger partial charge is 0.491 e. The van der Waals surface area contributed by atoms with Crippen molar-refractivity contribution in [2.75, 3.05) is 13.2 Å². The summed E-state index contributed by atoms with van der Waals surface area (Å²) in [4.78, 5) is 0. The Labute approximate surface area is 108 Å². The number of hydrogen-bond donors (Lipinski definition) is 2. The normalized spacial score (nSPS) is 12.8. The number of nitrogens with one attached hydrogen (secondary N) is 1. The van der Waals surface area contributed by atoms with Crippen LogP contribution < -0.4 is 10.1 Å². The fourth-order valence-electron chi connectivity index (χ4n) is 1.35. The van der Waals surface area contributed by atoms with Gasteiger partial charge < -0.3 is 15.2 Å². The molecule has 0 saturated heterocycles. The maximum atomic E-state index is 9.70. The van der Waals surface area contributed by atoms with Gasteiger partial charge >= 0.3 is 0 Å². The van der Waals surface area contributed by atoms with Crippen LogP contribution in [0.25, 0.3) is 0 Å². The molecule has 1 rings (SSSR count). The standard InChI is InChI=1S/C13H20ClNO2/c1-9(2)15-7-12(16)8-17-13-6-11(14)5-4-10(13)3/h4-6,9,12,15-16H,7-8H2,1-3H3. The minimum Gasteiger partial charge on any atom is -0.491 e. The maximum Gasteiger partial charge on any atom is 0.123 e. The highest BCUT2D eigenvalue weighted by Gasteiger charge is 2.07. The van der Waals surface area contributed by atoms with Crippen LogP contribution in [-0.2, 0) is 0 Å². The SMILES string of the molecule is Cc1ccc(Cl)cc1OCC(O)CNC(C)C. The third-order valence-electron chi connectivity index (χ3n) is 2.34. The maximum absolute atomic E-state index is 9.70. The first-order chi connectivity index (χ1) is 7.99. The van der Waals surface area contributed by atoms with Crippen LogP contribution in [0, 0.1) is 6.92 Å². The number of benzene rings is 1. The van der Waals surface area contributed by atoms with Crippen LogP contribution in [0.1, 0.15) is 19.4 Å². The van der Waals surface area contributed by atoms with E-state index in [1.807, 2.05) is 32.9 Å². The Morgan fingerprint density at radius 2 is 2.12 bits per heavy atom. The summed E-state index contributed by atoms with van der Waals surface area (Å²) in [5.74, 6) is 0.723. The van der Waals surface area contributed by atoms with Gasteiger partial charge in [0, 0.05) is 17.6 Å². The summed E-state index contributed by atoms with van der Waals surface area (Å²) in [6, 6.07) is 5.84. The molecule has 0 bridgehead atoms. The number of hydrogen-bond acceptors (Lipinski definition) is 3. The molecule has 0 fully saturated rings. The molecule has 2 N–H and O–H groups in total. The lowest BCUT2D eigenvalue weighted by Crippen LogP contribution is -2.35. The molecule has 0 amide bonds. The van der Waals surface area contributed by atoms with Gasteiger partial charge in [-0.3, -0.25) is 0 Å². The van der Waals surface area contributed by atoms with E-state index in [1.54, 1.807) is 6.07 Å². The monoisotopic (exact) mass is 257 g/mol. The van der Waals surface area contributed by atoms with Gasteiger partial charge in [0.25, 0.3) is 0 Å². The van der Waals surface area contributed by atoms with Gasteiger partial charge in [0.05, 0.1) is 0 Å². The Balaban J connectivity index is 2.41. The van der Waals surface area contributed by atoms with Crippen molar-refractivity contribution >= 4 is 11.6 Å². The van der Waals surface area contributed by atoms with E-state index in [9.17, 15) is 5.11 Å². The Kier molecular flexibility index (Phi) is 5.75. The zero-order chi connectivity index (χ0) is 12.8. The highest BCUT2D eigenvalue weighted by atomic mass is 35.5. The van der Waals surface area contributed by atoms with E-state index in [0.717, 1.165) is 11.3 Å². The molecular formula is C13H20ClNO2. The average Bonchev–Trinajstić information content (AvgIpc) is 2.27. The lowest BCUT2D eigenvalue weighted by molar-refractivity contribution is 0.104. The summed E-state index contributed by atoms with van der Waals surface area (Å²) in [5.41, 5.74) is 1.01. The molecule has 0 radical (unpaired) electrons. The van der Waals surface area contributed by atoms with Crippen LogP contribution in [-0.4, -0.2) is 30.4 Å². The Morgan fingerprint density at radius 3 is 2.76 bits per heavy atom. The van der Waals surface area contributed by atoms with Crippen molar-refractivity contribution < 1.29 is 9.84 Å². The summed E-state index contributed by atoms with van der Waals surface area (Å²) in [7, 11) is 0. The molecule has 0 heterocycles. The van der Waals surface area contributed by atoms with E-state index in [-0.39, 0.29) is 6.61 Å². The van der Waals surface area contributed by atoms with Crippen molar-refractivity contribution in [2.24, 2.45) is 0 Å². The average molecular weight is 258 g/mol. The molecule has 0 aliphatic heterocycles. The summed E-state index contributed by atoms with van der Waals surface area (Å²) < 4.78 is 5.54. The molecule has 0 aliphatic rings. The van der Waals surface area contributed by atoms with Crippen molar-refractivity contribution in [3.05, 3.63) is 28.8 Å². The van der Waals surface area contributed by atoms with Crippen LogP contribution in [0.15, 0.2) is 18.2 Å². The number of aliphatic hydroxyl groups excluding tert-OH is 1. The van der Waals surface area contributed by atoms with Crippen molar-refractivity contribution in [3.8, 4) is 5.75 Å². The van der Waals surface area contributed by atoms with Crippen molar-refractivity contribution in [3.63, 3.8) is 0 Å². The second-order valence-electron chi connectivity index (χ2n) is 4.44. The molecule has 1 aromatic rings. The van der Waals surface area contributed by atoms with Gasteiger partial charge in [-0.05, 0) is 24.6 Å². The van der Waals surface area contributed by atoms with Crippen molar-refractivity contribution in [1.82, 2.24) is 5.32 Å². The van der Waals surface area contributed by atoms with Gasteiger partial charge in [-0.2, -0.15) is 0 Å². The summed E-state index contributed by atoms with van der Waals surface area (Å²) in [6.07, 6.45) is -0.518. The highest BCUT2D eigenvalue weighted by molar-refractivity contribution is 6.30. The molecule has 4 heteroatoms. The van der Waals surface area contributed by atoms with Crippen LogP contribution in [0.4, 0.5) is 0 Å². The topological polar surface area (TPSA) is 41.5 Å². The molecular weight excluding hydrogens is 238 g/mol.